The van der Waals surface area contributed by atoms with Crippen molar-refractivity contribution in [3.8, 4) is 12.1 Å². The standard InChI is InChI=1S/C15H24N2O2/c1-3-4-5-6-7-8-9-10-11-15(12-16,13-17)14(18)19-2/h3-11H2,1-2H3. The van der Waals surface area contributed by atoms with Gasteiger partial charge in [-0.15, -0.1) is 0 Å². The van der Waals surface area contributed by atoms with Gasteiger partial charge in [0.05, 0.1) is 19.2 Å². The van der Waals surface area contributed by atoms with Gasteiger partial charge in [0.1, 0.15) is 0 Å². The van der Waals surface area contributed by atoms with Gasteiger partial charge in [-0.1, -0.05) is 58.3 Å². The number of methoxy groups -OCH3 is 1. The molecule has 0 atom stereocenters. The molecule has 0 aliphatic carbocycles. The number of ether oxygens (including phenoxy) is 1. The largest absolute Gasteiger partial charge is 0.467 e. The van der Waals surface area contributed by atoms with E-state index in [-0.39, 0.29) is 6.42 Å². The molecule has 0 saturated heterocycles. The molecule has 106 valence electrons. The van der Waals surface area contributed by atoms with Gasteiger partial charge in [0.2, 0.25) is 5.41 Å². The van der Waals surface area contributed by atoms with E-state index in [1.54, 1.807) is 12.1 Å². The monoisotopic (exact) mass is 264 g/mol. The van der Waals surface area contributed by atoms with Crippen LogP contribution in [0.2, 0.25) is 0 Å². The molecule has 0 aromatic rings. The van der Waals surface area contributed by atoms with Crippen molar-refractivity contribution in [2.45, 2.75) is 64.7 Å². The molecule has 4 heteroatoms. The summed E-state index contributed by atoms with van der Waals surface area (Å²) in [5.74, 6) is -0.736. The number of rotatable bonds is 10. The van der Waals surface area contributed by atoms with Crippen molar-refractivity contribution in [3.05, 3.63) is 0 Å². The second-order valence-electron chi connectivity index (χ2n) is 4.85. The summed E-state index contributed by atoms with van der Waals surface area (Å²) in [6.45, 7) is 2.19. The van der Waals surface area contributed by atoms with Gasteiger partial charge in [-0.3, -0.25) is 0 Å². The number of unbranched alkanes of at least 4 members (excludes halogenated alkanes) is 7. The Morgan fingerprint density at radius 2 is 1.47 bits per heavy atom. The lowest BCUT2D eigenvalue weighted by Crippen LogP contribution is -2.29. The molecule has 0 radical (unpaired) electrons. The summed E-state index contributed by atoms with van der Waals surface area (Å²) in [7, 11) is 1.21. The molecule has 19 heavy (non-hydrogen) atoms. The van der Waals surface area contributed by atoms with Crippen molar-refractivity contribution in [2.75, 3.05) is 7.11 Å². The van der Waals surface area contributed by atoms with E-state index in [0.717, 1.165) is 12.8 Å². The summed E-state index contributed by atoms with van der Waals surface area (Å²) in [6, 6.07) is 3.60. The Kier molecular flexibility index (Phi) is 9.53. The highest BCUT2D eigenvalue weighted by Gasteiger charge is 2.39. The highest BCUT2D eigenvalue weighted by molar-refractivity contribution is 5.83. The fraction of sp³-hybridized carbons (Fsp3) is 0.800. The third-order valence-corrected chi connectivity index (χ3v) is 3.32. The molecule has 0 aliphatic rings. The molecule has 0 aliphatic heterocycles. The minimum atomic E-state index is -1.61. The number of nitriles is 2. The van der Waals surface area contributed by atoms with Crippen LogP contribution in [0.4, 0.5) is 0 Å². The van der Waals surface area contributed by atoms with Crippen molar-refractivity contribution < 1.29 is 9.53 Å². The summed E-state index contributed by atoms with van der Waals surface area (Å²) < 4.78 is 4.54. The number of esters is 1. The van der Waals surface area contributed by atoms with Crippen LogP contribution in [-0.4, -0.2) is 13.1 Å². The molecule has 0 N–H and O–H groups in total. The van der Waals surface area contributed by atoms with Gasteiger partial charge in [-0.2, -0.15) is 10.5 Å². The van der Waals surface area contributed by atoms with Crippen molar-refractivity contribution in [2.24, 2.45) is 5.41 Å². The van der Waals surface area contributed by atoms with Crippen LogP contribution in [0.25, 0.3) is 0 Å². The quantitative estimate of drug-likeness (QED) is 0.445. The fourth-order valence-electron chi connectivity index (χ4n) is 2.03. The Morgan fingerprint density at radius 1 is 1.00 bits per heavy atom. The second-order valence-corrected chi connectivity index (χ2v) is 4.85. The van der Waals surface area contributed by atoms with E-state index in [9.17, 15) is 4.79 Å². The molecule has 0 spiro atoms. The van der Waals surface area contributed by atoms with E-state index in [1.165, 1.54) is 39.2 Å². The Bertz CT molecular complexity index is 325. The molecule has 4 nitrogen and oxygen atoms in total. The van der Waals surface area contributed by atoms with Crippen LogP contribution >= 0.6 is 0 Å². The van der Waals surface area contributed by atoms with Crippen LogP contribution < -0.4 is 0 Å². The Morgan fingerprint density at radius 3 is 1.89 bits per heavy atom. The summed E-state index contributed by atoms with van der Waals surface area (Å²) in [5.41, 5.74) is -1.61. The van der Waals surface area contributed by atoms with E-state index < -0.39 is 11.4 Å². The highest BCUT2D eigenvalue weighted by atomic mass is 16.5. The van der Waals surface area contributed by atoms with Crippen LogP contribution in [0.1, 0.15) is 64.7 Å². The fourth-order valence-corrected chi connectivity index (χ4v) is 2.03. The molecule has 0 aromatic heterocycles. The molecule has 0 rings (SSSR count). The van der Waals surface area contributed by atoms with Crippen LogP contribution in [0.3, 0.4) is 0 Å². The molecule has 0 bridgehead atoms. The van der Waals surface area contributed by atoms with Gasteiger partial charge in [0.25, 0.3) is 0 Å². The zero-order valence-corrected chi connectivity index (χ0v) is 12.1. The average molecular weight is 264 g/mol. The minimum Gasteiger partial charge on any atom is -0.467 e. The second kappa shape index (κ2) is 10.4. The zero-order valence-electron chi connectivity index (χ0n) is 12.1. The molecular formula is C15H24N2O2. The van der Waals surface area contributed by atoms with Crippen LogP contribution in [-0.2, 0) is 9.53 Å². The SMILES string of the molecule is CCCCCCCCCCC(C#N)(C#N)C(=O)OC. The topological polar surface area (TPSA) is 73.9 Å². The number of hydrogen-bond donors (Lipinski definition) is 0. The van der Waals surface area contributed by atoms with Crippen molar-refractivity contribution in [1.29, 1.82) is 10.5 Å². The van der Waals surface area contributed by atoms with E-state index in [1.807, 2.05) is 0 Å². The first-order valence-corrected chi connectivity index (χ1v) is 7.07. The molecule has 0 saturated carbocycles. The maximum Gasteiger partial charge on any atom is 0.340 e. The summed E-state index contributed by atoms with van der Waals surface area (Å²) in [4.78, 5) is 11.5. The van der Waals surface area contributed by atoms with Gasteiger partial charge in [0.15, 0.2) is 0 Å². The zero-order chi connectivity index (χ0) is 14.6. The van der Waals surface area contributed by atoms with Gasteiger partial charge in [-0.25, -0.2) is 4.79 Å². The third kappa shape index (κ3) is 6.25. The summed E-state index contributed by atoms with van der Waals surface area (Å²) in [6.07, 6.45) is 9.26. The Labute approximate surface area is 116 Å². The maximum absolute atomic E-state index is 11.5. The number of carbonyl (C=O) groups is 1. The predicted molar refractivity (Wildman–Crippen MR) is 72.9 cm³/mol. The lowest BCUT2D eigenvalue weighted by atomic mass is 9.85. The van der Waals surface area contributed by atoms with Crippen LogP contribution in [0.5, 0.6) is 0 Å². The van der Waals surface area contributed by atoms with E-state index in [2.05, 4.69) is 11.7 Å². The minimum absolute atomic E-state index is 0.266. The molecule has 0 aromatic carbocycles. The van der Waals surface area contributed by atoms with Crippen molar-refractivity contribution >= 4 is 5.97 Å². The van der Waals surface area contributed by atoms with Gasteiger partial charge in [-0.05, 0) is 6.42 Å². The van der Waals surface area contributed by atoms with E-state index >= 15 is 0 Å². The number of nitrogens with zero attached hydrogens (tertiary/aromatic N) is 2. The maximum atomic E-state index is 11.5. The number of carbonyl (C=O) groups excluding carboxylic acids is 1. The van der Waals surface area contributed by atoms with Gasteiger partial charge >= 0.3 is 5.97 Å². The van der Waals surface area contributed by atoms with E-state index in [0.29, 0.717) is 6.42 Å². The third-order valence-electron chi connectivity index (χ3n) is 3.32. The normalized spacial score (nSPS) is 10.5. The average Bonchev–Trinajstić information content (AvgIpc) is 2.45. The van der Waals surface area contributed by atoms with E-state index in [4.69, 9.17) is 10.5 Å². The van der Waals surface area contributed by atoms with Gasteiger partial charge < -0.3 is 4.74 Å². The summed E-state index contributed by atoms with van der Waals surface area (Å²) in [5, 5.41) is 18.0. The predicted octanol–water partition coefficient (Wildman–Crippen LogP) is 3.72. The molecule has 0 amide bonds. The van der Waals surface area contributed by atoms with Crippen LogP contribution in [0.15, 0.2) is 0 Å². The first-order valence-electron chi connectivity index (χ1n) is 7.07. The molecule has 0 heterocycles. The van der Waals surface area contributed by atoms with Gasteiger partial charge in [0, 0.05) is 0 Å². The van der Waals surface area contributed by atoms with Crippen LogP contribution in [0, 0.1) is 28.1 Å². The summed E-state index contributed by atoms with van der Waals surface area (Å²) >= 11 is 0. The molecule has 0 unspecified atom stereocenters. The van der Waals surface area contributed by atoms with Crippen molar-refractivity contribution in [3.63, 3.8) is 0 Å². The first-order chi connectivity index (χ1) is 9.16. The smallest absolute Gasteiger partial charge is 0.340 e. The first kappa shape index (κ1) is 17.4. The highest BCUT2D eigenvalue weighted by Crippen LogP contribution is 2.25. The lowest BCUT2D eigenvalue weighted by molar-refractivity contribution is -0.146. The van der Waals surface area contributed by atoms with Crippen molar-refractivity contribution in [1.82, 2.24) is 0 Å². The molecule has 0 fully saturated rings. The lowest BCUT2D eigenvalue weighted by Gasteiger charge is -2.15. The molecular weight excluding hydrogens is 240 g/mol. The Balaban J connectivity index is 3.88. The number of hydrogen-bond acceptors (Lipinski definition) is 4. The Hall–Kier alpha value is -1.55.